The average molecular weight is 424 g/mol. The number of hydrogen-bond donors (Lipinski definition) is 0. The molecule has 0 radical (unpaired) electrons. The van der Waals surface area contributed by atoms with Gasteiger partial charge in [0.1, 0.15) is 12.4 Å². The summed E-state index contributed by atoms with van der Waals surface area (Å²) in [5.41, 5.74) is 1.31. The van der Waals surface area contributed by atoms with Gasteiger partial charge >= 0.3 is 0 Å². The molecule has 0 N–H and O–H groups in total. The highest BCUT2D eigenvalue weighted by Crippen LogP contribution is 2.37. The van der Waals surface area contributed by atoms with E-state index in [0.717, 1.165) is 11.1 Å². The Morgan fingerprint density at radius 1 is 1.15 bits per heavy atom. The lowest BCUT2D eigenvalue weighted by Gasteiger charge is -2.12. The van der Waals surface area contributed by atoms with Crippen LogP contribution in [0.15, 0.2) is 53.5 Å². The van der Waals surface area contributed by atoms with Gasteiger partial charge in [-0.1, -0.05) is 46.9 Å². The van der Waals surface area contributed by atoms with Crippen LogP contribution in [0.3, 0.4) is 0 Å². The summed E-state index contributed by atoms with van der Waals surface area (Å²) >= 11 is 18.4. The zero-order chi connectivity index (χ0) is 19.0. The molecule has 5 nitrogen and oxygen atoms in total. The normalized spacial score (nSPS) is 15.3. The van der Waals surface area contributed by atoms with E-state index in [9.17, 15) is 4.79 Å². The van der Waals surface area contributed by atoms with Crippen molar-refractivity contribution in [2.24, 2.45) is 0 Å². The average Bonchev–Trinajstić information content (AvgIpc) is 3.05. The van der Waals surface area contributed by atoms with Gasteiger partial charge in [0.05, 0.1) is 16.6 Å². The summed E-state index contributed by atoms with van der Waals surface area (Å²) in [6, 6.07) is 12.5. The van der Waals surface area contributed by atoms with Crippen LogP contribution in [0.25, 0.3) is 11.1 Å². The zero-order valence-corrected chi connectivity index (χ0v) is 16.1. The molecule has 1 aliphatic rings. The van der Waals surface area contributed by atoms with Crippen LogP contribution in [0, 0.1) is 0 Å². The molecule has 4 rings (SSSR count). The van der Waals surface area contributed by atoms with Crippen molar-refractivity contribution < 1.29 is 9.47 Å². The summed E-state index contributed by atoms with van der Waals surface area (Å²) in [6.45, 7) is 0.915. The molecule has 0 unspecified atom stereocenters. The lowest BCUT2D eigenvalue weighted by Crippen LogP contribution is -2.23. The molecule has 0 spiro atoms. The topological polar surface area (TPSA) is 53.4 Å². The van der Waals surface area contributed by atoms with E-state index in [4.69, 9.17) is 44.3 Å². The lowest BCUT2D eigenvalue weighted by atomic mass is 10.1. The molecule has 0 saturated carbocycles. The van der Waals surface area contributed by atoms with Gasteiger partial charge in [0.25, 0.3) is 11.6 Å². The van der Waals surface area contributed by atoms with Crippen LogP contribution in [-0.4, -0.2) is 22.3 Å². The van der Waals surface area contributed by atoms with E-state index in [1.807, 2.05) is 24.3 Å². The van der Waals surface area contributed by atoms with Gasteiger partial charge in [-0.25, -0.2) is 0 Å². The minimum atomic E-state index is -0.321. The van der Waals surface area contributed by atoms with E-state index in [1.165, 1.54) is 6.07 Å². The van der Waals surface area contributed by atoms with Gasteiger partial charge in [-0.2, -0.15) is 4.98 Å². The molecule has 8 heteroatoms. The SMILES string of the molecule is O=c1ccn2c(n1)O[C@H](COc1ccc(-c3cc(Cl)cc(Cl)c3Cl)cc1)C2. The summed E-state index contributed by atoms with van der Waals surface area (Å²) in [7, 11) is 0. The first-order valence-electron chi connectivity index (χ1n) is 8.11. The van der Waals surface area contributed by atoms with Crippen LogP contribution in [0.5, 0.6) is 11.8 Å². The summed E-state index contributed by atoms with van der Waals surface area (Å²) < 4.78 is 13.2. The zero-order valence-electron chi connectivity index (χ0n) is 13.9. The van der Waals surface area contributed by atoms with Crippen molar-refractivity contribution in [1.29, 1.82) is 0 Å². The Hall–Kier alpha value is -2.21. The third kappa shape index (κ3) is 3.90. The maximum absolute atomic E-state index is 11.3. The molecular weight excluding hydrogens is 411 g/mol. The number of halogens is 3. The van der Waals surface area contributed by atoms with Crippen molar-refractivity contribution >= 4 is 34.8 Å². The fourth-order valence-corrected chi connectivity index (χ4v) is 3.54. The summed E-state index contributed by atoms with van der Waals surface area (Å²) in [5, 5.41) is 1.38. The molecule has 3 aromatic rings. The molecule has 0 aliphatic carbocycles. The second-order valence-corrected chi connectivity index (χ2v) is 7.25. The number of hydrogen-bond acceptors (Lipinski definition) is 4. The van der Waals surface area contributed by atoms with E-state index in [2.05, 4.69) is 4.98 Å². The first kappa shape index (κ1) is 18.2. The number of nitrogens with zero attached hydrogens (tertiary/aromatic N) is 2. The molecule has 0 saturated heterocycles. The van der Waals surface area contributed by atoms with Crippen molar-refractivity contribution in [2.45, 2.75) is 12.6 Å². The summed E-state index contributed by atoms with van der Waals surface area (Å²) in [6.07, 6.45) is 1.46. The standard InChI is InChI=1S/C19H13Cl3N2O3/c20-12-7-15(18(22)16(21)8-12)11-1-3-13(4-2-11)26-10-14-9-24-6-5-17(25)23-19(24)27-14/h1-8,14H,9-10H2/t14-/m0/s1. The molecule has 1 aromatic heterocycles. The highest BCUT2D eigenvalue weighted by molar-refractivity contribution is 6.45. The van der Waals surface area contributed by atoms with E-state index in [1.54, 1.807) is 22.9 Å². The van der Waals surface area contributed by atoms with Crippen LogP contribution >= 0.6 is 34.8 Å². The summed E-state index contributed by atoms with van der Waals surface area (Å²) in [4.78, 5) is 15.1. The molecule has 0 amide bonds. The molecule has 1 atom stereocenters. The number of benzene rings is 2. The molecule has 1 aliphatic heterocycles. The Bertz CT molecular complexity index is 1050. The Morgan fingerprint density at radius 3 is 2.70 bits per heavy atom. The van der Waals surface area contributed by atoms with Crippen LogP contribution < -0.4 is 15.0 Å². The third-order valence-corrected chi connectivity index (χ3v) is 5.14. The van der Waals surface area contributed by atoms with Crippen LogP contribution in [0.4, 0.5) is 0 Å². The van der Waals surface area contributed by atoms with Gasteiger partial charge in [-0.15, -0.1) is 0 Å². The van der Waals surface area contributed by atoms with Gasteiger partial charge in [-0.05, 0) is 29.8 Å². The van der Waals surface area contributed by atoms with E-state index >= 15 is 0 Å². The Balaban J connectivity index is 1.43. The summed E-state index contributed by atoms with van der Waals surface area (Å²) in [5.74, 6) is 0.685. The third-order valence-electron chi connectivity index (χ3n) is 4.12. The molecule has 2 heterocycles. The lowest BCUT2D eigenvalue weighted by molar-refractivity contribution is 0.143. The van der Waals surface area contributed by atoms with Crippen molar-refractivity contribution in [3.63, 3.8) is 0 Å². The quantitative estimate of drug-likeness (QED) is 0.570. The Labute approximate surface area is 170 Å². The molecule has 27 heavy (non-hydrogen) atoms. The minimum absolute atomic E-state index is 0.208. The number of ether oxygens (including phenoxy) is 2. The Kier molecular flexibility index (Phi) is 5.00. The second-order valence-electron chi connectivity index (χ2n) is 6.03. The molecule has 0 fully saturated rings. The van der Waals surface area contributed by atoms with E-state index in [-0.39, 0.29) is 11.7 Å². The highest BCUT2D eigenvalue weighted by Gasteiger charge is 2.23. The maximum atomic E-state index is 11.3. The molecular formula is C19H13Cl3N2O3. The number of rotatable bonds is 4. The fourth-order valence-electron chi connectivity index (χ4n) is 2.82. The van der Waals surface area contributed by atoms with E-state index < -0.39 is 0 Å². The van der Waals surface area contributed by atoms with Gasteiger partial charge in [-0.3, -0.25) is 9.36 Å². The van der Waals surface area contributed by atoms with Crippen LogP contribution in [0.1, 0.15) is 0 Å². The predicted octanol–water partition coefficient (Wildman–Crippen LogP) is 4.71. The first-order valence-corrected chi connectivity index (χ1v) is 9.25. The van der Waals surface area contributed by atoms with Crippen molar-refractivity contribution in [3.05, 3.63) is 74.1 Å². The number of aromatic nitrogens is 2. The van der Waals surface area contributed by atoms with Crippen molar-refractivity contribution in [2.75, 3.05) is 6.61 Å². The van der Waals surface area contributed by atoms with Crippen molar-refractivity contribution in [3.8, 4) is 22.9 Å². The van der Waals surface area contributed by atoms with Crippen LogP contribution in [0.2, 0.25) is 15.1 Å². The van der Waals surface area contributed by atoms with Gasteiger partial charge in [0.15, 0.2) is 6.10 Å². The van der Waals surface area contributed by atoms with Gasteiger partial charge < -0.3 is 9.47 Å². The second kappa shape index (κ2) is 7.43. The van der Waals surface area contributed by atoms with E-state index in [0.29, 0.717) is 40.0 Å². The monoisotopic (exact) mass is 422 g/mol. The molecule has 2 aromatic carbocycles. The molecule has 0 bridgehead atoms. The maximum Gasteiger partial charge on any atom is 0.300 e. The predicted molar refractivity (Wildman–Crippen MR) is 105 cm³/mol. The highest BCUT2D eigenvalue weighted by atomic mass is 35.5. The molecule has 138 valence electrons. The fraction of sp³-hybridized carbons (Fsp3) is 0.158. The minimum Gasteiger partial charge on any atom is -0.490 e. The smallest absolute Gasteiger partial charge is 0.300 e. The Morgan fingerprint density at radius 2 is 1.93 bits per heavy atom. The largest absolute Gasteiger partial charge is 0.490 e. The van der Waals surface area contributed by atoms with Crippen molar-refractivity contribution in [1.82, 2.24) is 9.55 Å². The first-order chi connectivity index (χ1) is 13.0. The van der Waals surface area contributed by atoms with Crippen LogP contribution in [-0.2, 0) is 6.54 Å². The number of fused-ring (bicyclic) bond motifs is 1. The van der Waals surface area contributed by atoms with Gasteiger partial charge in [0, 0.05) is 22.8 Å². The van der Waals surface area contributed by atoms with Gasteiger partial charge in [0.2, 0.25) is 0 Å².